The highest BCUT2D eigenvalue weighted by atomic mass is 35.5. The molecule has 1 aromatic rings. The zero-order valence-electron chi connectivity index (χ0n) is 21.3. The van der Waals surface area contributed by atoms with Gasteiger partial charge in [-0.25, -0.2) is 0 Å². The zero-order chi connectivity index (χ0) is 27.6. The highest BCUT2D eigenvalue weighted by Gasteiger charge is 2.51. The van der Waals surface area contributed by atoms with Crippen LogP contribution in [0.5, 0.6) is 11.5 Å². The van der Waals surface area contributed by atoms with E-state index < -0.39 is 23.9 Å². The van der Waals surface area contributed by atoms with E-state index in [2.05, 4.69) is 0 Å². The summed E-state index contributed by atoms with van der Waals surface area (Å²) in [5.74, 6) is -1.04. The van der Waals surface area contributed by atoms with Crippen LogP contribution in [-0.4, -0.2) is 61.6 Å². The van der Waals surface area contributed by atoms with Crippen LogP contribution in [0, 0.1) is 11.8 Å². The Bertz CT molecular complexity index is 1200. The first-order valence-electron chi connectivity index (χ1n) is 12.3. The minimum absolute atomic E-state index is 0.0335. The lowest BCUT2D eigenvalue weighted by molar-refractivity contribution is -0.149. The SMILES string of the molecule is CCOC(=O)C1(c2ccc(OC(F)F)c(OCC3CC3)c2)C=CC(N(C)C)=CC1C1=C(Cl)CN(O)C=C1Cl. The maximum absolute atomic E-state index is 13.9. The van der Waals surface area contributed by atoms with E-state index >= 15 is 0 Å². The summed E-state index contributed by atoms with van der Waals surface area (Å²) >= 11 is 13.2. The average Bonchev–Trinajstić information content (AvgIpc) is 3.67. The predicted molar refractivity (Wildman–Crippen MR) is 139 cm³/mol. The molecule has 2 atom stereocenters. The first kappa shape index (κ1) is 28.3. The van der Waals surface area contributed by atoms with Crippen LogP contribution in [0.2, 0.25) is 0 Å². The summed E-state index contributed by atoms with van der Waals surface area (Å²) in [7, 11) is 3.71. The number of rotatable bonds is 10. The van der Waals surface area contributed by atoms with Gasteiger partial charge in [-0.05, 0) is 55.0 Å². The third-order valence-corrected chi connectivity index (χ3v) is 7.33. The van der Waals surface area contributed by atoms with Gasteiger partial charge in [0.25, 0.3) is 0 Å². The Kier molecular flexibility index (Phi) is 8.59. The van der Waals surface area contributed by atoms with E-state index in [1.54, 1.807) is 19.1 Å². The number of benzene rings is 1. The molecule has 0 amide bonds. The van der Waals surface area contributed by atoms with Gasteiger partial charge in [0.05, 0.1) is 24.8 Å². The van der Waals surface area contributed by atoms with Crippen molar-refractivity contribution in [3.63, 3.8) is 0 Å². The lowest BCUT2D eigenvalue weighted by atomic mass is 9.64. The average molecular weight is 571 g/mol. The van der Waals surface area contributed by atoms with Crippen LogP contribution in [0.3, 0.4) is 0 Å². The van der Waals surface area contributed by atoms with Gasteiger partial charge in [0.1, 0.15) is 5.41 Å². The zero-order valence-corrected chi connectivity index (χ0v) is 22.8. The number of hydrogen-bond donors (Lipinski definition) is 1. The van der Waals surface area contributed by atoms with Crippen LogP contribution < -0.4 is 9.47 Å². The number of hydroxylamine groups is 2. The molecule has 7 nitrogen and oxygen atoms in total. The maximum Gasteiger partial charge on any atom is 0.387 e. The molecule has 1 fully saturated rings. The van der Waals surface area contributed by atoms with E-state index in [9.17, 15) is 18.8 Å². The molecule has 1 aromatic carbocycles. The number of carbonyl (C=O) groups is 1. The van der Waals surface area contributed by atoms with Crippen LogP contribution >= 0.6 is 23.2 Å². The molecule has 206 valence electrons. The lowest BCUT2D eigenvalue weighted by Gasteiger charge is -2.41. The number of carbonyl (C=O) groups excluding carboxylic acids is 1. The molecular weight excluding hydrogens is 541 g/mol. The van der Waals surface area contributed by atoms with E-state index in [1.165, 1.54) is 24.4 Å². The molecule has 0 aromatic heterocycles. The van der Waals surface area contributed by atoms with Crippen molar-refractivity contribution in [3.8, 4) is 11.5 Å². The van der Waals surface area contributed by atoms with Gasteiger partial charge in [0.15, 0.2) is 11.5 Å². The highest BCUT2D eigenvalue weighted by Crippen LogP contribution is 2.50. The molecule has 1 saturated carbocycles. The minimum atomic E-state index is -3.05. The summed E-state index contributed by atoms with van der Waals surface area (Å²) in [6.07, 6.45) is 8.68. The molecule has 1 heterocycles. The summed E-state index contributed by atoms with van der Waals surface area (Å²) in [5.41, 5.74) is 0.151. The third kappa shape index (κ3) is 5.80. The number of allylic oxidation sites excluding steroid dienone is 4. The molecule has 1 N–H and O–H groups in total. The van der Waals surface area contributed by atoms with Crippen LogP contribution in [0.25, 0.3) is 0 Å². The summed E-state index contributed by atoms with van der Waals surface area (Å²) in [6, 6.07) is 4.44. The van der Waals surface area contributed by atoms with Crippen molar-refractivity contribution in [1.29, 1.82) is 0 Å². The van der Waals surface area contributed by atoms with E-state index in [-0.39, 0.29) is 34.7 Å². The second-order valence-electron chi connectivity index (χ2n) is 9.57. The second-order valence-corrected chi connectivity index (χ2v) is 10.4. The number of alkyl halides is 2. The van der Waals surface area contributed by atoms with Gasteiger partial charge < -0.3 is 19.1 Å². The fourth-order valence-electron chi connectivity index (χ4n) is 4.61. The molecule has 1 aliphatic heterocycles. The number of ether oxygens (including phenoxy) is 3. The van der Waals surface area contributed by atoms with Gasteiger partial charge in [0, 0.05) is 36.9 Å². The molecule has 2 aliphatic carbocycles. The van der Waals surface area contributed by atoms with Gasteiger partial charge in [0.2, 0.25) is 0 Å². The number of hydrogen-bond acceptors (Lipinski definition) is 7. The Morgan fingerprint density at radius 3 is 2.61 bits per heavy atom. The molecule has 2 unspecified atom stereocenters. The van der Waals surface area contributed by atoms with E-state index in [4.69, 9.17) is 37.4 Å². The van der Waals surface area contributed by atoms with Crippen molar-refractivity contribution in [2.24, 2.45) is 11.8 Å². The van der Waals surface area contributed by atoms with Gasteiger partial charge in [-0.2, -0.15) is 8.78 Å². The first-order valence-corrected chi connectivity index (χ1v) is 13.0. The molecule has 3 aliphatic rings. The van der Waals surface area contributed by atoms with Crippen molar-refractivity contribution in [3.05, 3.63) is 69.5 Å². The lowest BCUT2D eigenvalue weighted by Crippen LogP contribution is -2.45. The van der Waals surface area contributed by atoms with Crippen LogP contribution in [0.4, 0.5) is 8.78 Å². The van der Waals surface area contributed by atoms with Gasteiger partial charge in [-0.1, -0.05) is 41.4 Å². The first-order chi connectivity index (χ1) is 18.1. The third-order valence-electron chi connectivity index (χ3n) is 6.71. The van der Waals surface area contributed by atoms with Crippen LogP contribution in [-0.2, 0) is 14.9 Å². The Labute approximate surface area is 230 Å². The summed E-state index contributed by atoms with van der Waals surface area (Å²) < 4.78 is 42.5. The van der Waals surface area contributed by atoms with E-state index in [0.29, 0.717) is 23.7 Å². The standard InChI is InChI=1S/C27H30Cl2F2N2O5/c1-4-36-25(34)27(17-7-8-22(38-26(30)31)23(11-17)37-15-16-5-6-16)10-9-18(32(2)3)12-19(27)24-20(28)13-33(35)14-21(24)29/h7-13,16,19,26,35H,4-6,14-15H2,1-3H3. The largest absolute Gasteiger partial charge is 0.489 e. The molecular formula is C27H30Cl2F2N2O5. The molecule has 38 heavy (non-hydrogen) atoms. The second kappa shape index (κ2) is 11.6. The summed E-state index contributed by atoms with van der Waals surface area (Å²) in [5, 5.41) is 11.3. The Morgan fingerprint density at radius 1 is 1.26 bits per heavy atom. The van der Waals surface area contributed by atoms with Crippen molar-refractivity contribution >= 4 is 29.2 Å². The summed E-state index contributed by atoms with van der Waals surface area (Å²) in [6.45, 7) is -0.941. The predicted octanol–water partition coefficient (Wildman–Crippen LogP) is 5.79. The Hall–Kier alpha value is -2.75. The topological polar surface area (TPSA) is 71.5 Å². The van der Waals surface area contributed by atoms with Crippen molar-refractivity contribution in [2.75, 3.05) is 33.9 Å². The van der Waals surface area contributed by atoms with Gasteiger partial charge in [-0.15, -0.1) is 0 Å². The maximum atomic E-state index is 13.9. The summed E-state index contributed by atoms with van der Waals surface area (Å²) in [4.78, 5) is 15.8. The monoisotopic (exact) mass is 570 g/mol. The fourth-order valence-corrected chi connectivity index (χ4v) is 5.34. The molecule has 0 spiro atoms. The minimum Gasteiger partial charge on any atom is -0.489 e. The molecule has 0 radical (unpaired) electrons. The number of halogens is 4. The number of esters is 1. The van der Waals surface area contributed by atoms with Crippen molar-refractivity contribution in [2.45, 2.75) is 31.8 Å². The number of nitrogens with zero attached hydrogens (tertiary/aromatic N) is 2. The molecule has 4 rings (SSSR count). The van der Waals surface area contributed by atoms with Crippen LogP contribution in [0.15, 0.2) is 64.0 Å². The van der Waals surface area contributed by atoms with E-state index in [0.717, 1.165) is 23.6 Å². The molecule has 0 bridgehead atoms. The van der Waals surface area contributed by atoms with E-state index in [1.807, 2.05) is 25.1 Å². The number of likely N-dealkylation sites (N-methyl/N-ethyl adjacent to an activating group) is 1. The van der Waals surface area contributed by atoms with Gasteiger partial charge in [-0.3, -0.25) is 15.1 Å². The Morgan fingerprint density at radius 2 is 2.00 bits per heavy atom. The van der Waals surface area contributed by atoms with Crippen molar-refractivity contribution < 1.29 is 33.0 Å². The molecule has 0 saturated heterocycles. The highest BCUT2D eigenvalue weighted by molar-refractivity contribution is 6.36. The van der Waals surface area contributed by atoms with Crippen LogP contribution in [0.1, 0.15) is 25.3 Å². The fraction of sp³-hybridized carbons (Fsp3) is 0.444. The smallest absolute Gasteiger partial charge is 0.387 e. The van der Waals surface area contributed by atoms with Gasteiger partial charge >= 0.3 is 12.6 Å². The van der Waals surface area contributed by atoms with Crippen molar-refractivity contribution in [1.82, 2.24) is 9.96 Å². The normalized spacial score (nSPS) is 23.3. The quantitative estimate of drug-likeness (QED) is 0.357. The Balaban J connectivity index is 1.92. The molecule has 11 heteroatoms.